The standard InChI is InChI=1S/C16H19N7O2/c1-2-25-14-6-4-11(8-17-14)23-15-13(21-22-23)9-18-16(20-15)19-10-3-5-12(24)7-10/h4,6,8-10,12,24H,2-3,5,7H2,1H3,(H,18,19,20)/t10?,12-/m1/s1. The molecule has 4 rings (SSSR count). The highest BCUT2D eigenvalue weighted by molar-refractivity contribution is 5.71. The summed E-state index contributed by atoms with van der Waals surface area (Å²) in [4.78, 5) is 13.1. The highest BCUT2D eigenvalue weighted by Crippen LogP contribution is 2.22. The molecule has 0 amide bonds. The quantitative estimate of drug-likeness (QED) is 0.715. The molecule has 130 valence electrons. The van der Waals surface area contributed by atoms with Crippen molar-refractivity contribution in [3.63, 3.8) is 0 Å². The Morgan fingerprint density at radius 1 is 1.28 bits per heavy atom. The van der Waals surface area contributed by atoms with Crippen molar-refractivity contribution < 1.29 is 9.84 Å². The number of hydrogen-bond donors (Lipinski definition) is 2. The van der Waals surface area contributed by atoms with Crippen LogP contribution in [0.5, 0.6) is 5.88 Å². The van der Waals surface area contributed by atoms with E-state index in [1.807, 2.05) is 13.0 Å². The van der Waals surface area contributed by atoms with Gasteiger partial charge in [-0.15, -0.1) is 5.10 Å². The summed E-state index contributed by atoms with van der Waals surface area (Å²) in [5, 5.41) is 21.2. The lowest BCUT2D eigenvalue weighted by molar-refractivity contribution is 0.182. The van der Waals surface area contributed by atoms with Crippen LogP contribution in [0.15, 0.2) is 24.5 Å². The molecule has 1 fully saturated rings. The third-order valence-corrected chi connectivity index (χ3v) is 4.19. The van der Waals surface area contributed by atoms with Gasteiger partial charge in [0.25, 0.3) is 0 Å². The fourth-order valence-electron chi connectivity index (χ4n) is 2.97. The predicted octanol–water partition coefficient (Wildman–Crippen LogP) is 1.33. The maximum absolute atomic E-state index is 9.65. The number of hydrogen-bond acceptors (Lipinski definition) is 8. The van der Waals surface area contributed by atoms with Crippen LogP contribution < -0.4 is 10.1 Å². The van der Waals surface area contributed by atoms with E-state index in [1.165, 1.54) is 0 Å². The summed E-state index contributed by atoms with van der Waals surface area (Å²) in [5.41, 5.74) is 1.94. The van der Waals surface area contributed by atoms with E-state index in [1.54, 1.807) is 23.1 Å². The van der Waals surface area contributed by atoms with Gasteiger partial charge in [0.1, 0.15) is 0 Å². The monoisotopic (exact) mass is 341 g/mol. The van der Waals surface area contributed by atoms with E-state index < -0.39 is 0 Å². The number of fused-ring (bicyclic) bond motifs is 1. The molecule has 2 atom stereocenters. The van der Waals surface area contributed by atoms with Crippen molar-refractivity contribution >= 4 is 17.1 Å². The first kappa shape index (κ1) is 15.7. The summed E-state index contributed by atoms with van der Waals surface area (Å²) in [6.07, 6.45) is 5.48. The van der Waals surface area contributed by atoms with Gasteiger partial charge in [0.15, 0.2) is 11.2 Å². The van der Waals surface area contributed by atoms with Crippen molar-refractivity contribution in [2.75, 3.05) is 11.9 Å². The Bertz CT molecular complexity index is 865. The van der Waals surface area contributed by atoms with Gasteiger partial charge < -0.3 is 15.2 Å². The van der Waals surface area contributed by atoms with E-state index in [4.69, 9.17) is 4.74 Å². The summed E-state index contributed by atoms with van der Waals surface area (Å²) in [5.74, 6) is 1.07. The molecule has 0 saturated heterocycles. The molecule has 9 nitrogen and oxygen atoms in total. The van der Waals surface area contributed by atoms with Crippen LogP contribution in [0.3, 0.4) is 0 Å². The first-order chi connectivity index (χ1) is 12.2. The number of aliphatic hydroxyl groups excluding tert-OH is 1. The lowest BCUT2D eigenvalue weighted by Gasteiger charge is -2.11. The van der Waals surface area contributed by atoms with Crippen LogP contribution >= 0.6 is 0 Å². The van der Waals surface area contributed by atoms with Gasteiger partial charge in [-0.1, -0.05) is 5.21 Å². The van der Waals surface area contributed by atoms with Crippen LogP contribution in [0.4, 0.5) is 5.95 Å². The molecule has 0 bridgehead atoms. The van der Waals surface area contributed by atoms with Gasteiger partial charge >= 0.3 is 0 Å². The number of nitrogens with one attached hydrogen (secondary N) is 1. The highest BCUT2D eigenvalue weighted by Gasteiger charge is 2.23. The Balaban J connectivity index is 1.62. The summed E-state index contributed by atoms with van der Waals surface area (Å²) in [6, 6.07) is 3.82. The van der Waals surface area contributed by atoms with Gasteiger partial charge in [-0.05, 0) is 32.3 Å². The summed E-state index contributed by atoms with van der Waals surface area (Å²) < 4.78 is 6.97. The van der Waals surface area contributed by atoms with Crippen molar-refractivity contribution in [1.82, 2.24) is 29.9 Å². The topological polar surface area (TPSA) is 111 Å². The molecule has 3 heterocycles. The fraction of sp³-hybridized carbons (Fsp3) is 0.438. The lowest BCUT2D eigenvalue weighted by atomic mass is 10.2. The number of nitrogens with zero attached hydrogens (tertiary/aromatic N) is 6. The molecular weight excluding hydrogens is 322 g/mol. The van der Waals surface area contributed by atoms with E-state index >= 15 is 0 Å². The van der Waals surface area contributed by atoms with Crippen LogP contribution in [-0.2, 0) is 0 Å². The molecule has 1 saturated carbocycles. The van der Waals surface area contributed by atoms with Crippen LogP contribution in [0.25, 0.3) is 16.9 Å². The lowest BCUT2D eigenvalue weighted by Crippen LogP contribution is -2.18. The summed E-state index contributed by atoms with van der Waals surface area (Å²) in [6.45, 7) is 2.48. The van der Waals surface area contributed by atoms with Gasteiger partial charge in [0, 0.05) is 12.1 Å². The van der Waals surface area contributed by atoms with E-state index in [-0.39, 0.29) is 12.1 Å². The molecule has 25 heavy (non-hydrogen) atoms. The van der Waals surface area contributed by atoms with Crippen LogP contribution in [-0.4, -0.2) is 53.8 Å². The second-order valence-corrected chi connectivity index (χ2v) is 6.00. The normalized spacial score (nSPS) is 20.1. The Morgan fingerprint density at radius 2 is 2.20 bits per heavy atom. The average molecular weight is 341 g/mol. The van der Waals surface area contributed by atoms with Gasteiger partial charge in [-0.2, -0.15) is 9.67 Å². The van der Waals surface area contributed by atoms with Crippen LogP contribution in [0.1, 0.15) is 26.2 Å². The molecule has 3 aromatic rings. The average Bonchev–Trinajstić information content (AvgIpc) is 3.22. The molecule has 3 aromatic heterocycles. The Kier molecular flexibility index (Phi) is 4.14. The highest BCUT2D eigenvalue weighted by atomic mass is 16.5. The van der Waals surface area contributed by atoms with Crippen molar-refractivity contribution in [2.45, 2.75) is 38.3 Å². The number of aromatic nitrogens is 6. The molecule has 0 aromatic carbocycles. The third kappa shape index (κ3) is 3.22. The zero-order chi connectivity index (χ0) is 17.2. The van der Waals surface area contributed by atoms with Crippen molar-refractivity contribution in [3.05, 3.63) is 24.5 Å². The van der Waals surface area contributed by atoms with E-state index in [2.05, 4.69) is 30.6 Å². The van der Waals surface area contributed by atoms with Crippen molar-refractivity contribution in [2.24, 2.45) is 0 Å². The molecule has 0 aliphatic heterocycles. The van der Waals surface area contributed by atoms with Crippen molar-refractivity contribution in [3.8, 4) is 11.6 Å². The summed E-state index contributed by atoms with van der Waals surface area (Å²) in [7, 11) is 0. The fourth-order valence-corrected chi connectivity index (χ4v) is 2.97. The minimum atomic E-state index is -0.247. The first-order valence-corrected chi connectivity index (χ1v) is 8.35. The number of ether oxygens (including phenoxy) is 1. The molecule has 9 heteroatoms. The smallest absolute Gasteiger partial charge is 0.225 e. The van der Waals surface area contributed by atoms with E-state index in [9.17, 15) is 5.11 Å². The summed E-state index contributed by atoms with van der Waals surface area (Å²) >= 11 is 0. The number of anilines is 1. The van der Waals surface area contributed by atoms with Gasteiger partial charge in [-0.25, -0.2) is 9.97 Å². The number of pyridine rings is 1. The Morgan fingerprint density at radius 3 is 2.92 bits per heavy atom. The second-order valence-electron chi connectivity index (χ2n) is 6.00. The van der Waals surface area contributed by atoms with Gasteiger partial charge in [0.05, 0.1) is 30.8 Å². The SMILES string of the molecule is CCOc1ccc(-n2nnc3cnc(NC4CC[C@@H](O)C4)nc32)cn1. The van der Waals surface area contributed by atoms with Gasteiger partial charge in [0.2, 0.25) is 11.8 Å². The Hall–Kier alpha value is -2.81. The molecule has 1 unspecified atom stereocenters. The van der Waals surface area contributed by atoms with Gasteiger partial charge in [-0.3, -0.25) is 0 Å². The molecule has 2 N–H and O–H groups in total. The second kappa shape index (κ2) is 6.60. The number of aliphatic hydroxyl groups is 1. The zero-order valence-corrected chi connectivity index (χ0v) is 13.8. The van der Waals surface area contributed by atoms with E-state index in [0.717, 1.165) is 18.5 Å². The molecule has 1 aliphatic carbocycles. The predicted molar refractivity (Wildman–Crippen MR) is 90.7 cm³/mol. The molecule has 0 radical (unpaired) electrons. The van der Waals surface area contributed by atoms with Crippen LogP contribution in [0.2, 0.25) is 0 Å². The molecule has 0 spiro atoms. The zero-order valence-electron chi connectivity index (χ0n) is 13.8. The maximum atomic E-state index is 9.65. The largest absolute Gasteiger partial charge is 0.478 e. The van der Waals surface area contributed by atoms with E-state index in [0.29, 0.717) is 36.0 Å². The minimum Gasteiger partial charge on any atom is -0.478 e. The number of rotatable bonds is 5. The minimum absolute atomic E-state index is 0.184. The first-order valence-electron chi connectivity index (χ1n) is 8.35. The molecular formula is C16H19N7O2. The maximum Gasteiger partial charge on any atom is 0.225 e. The van der Waals surface area contributed by atoms with Crippen molar-refractivity contribution in [1.29, 1.82) is 0 Å². The third-order valence-electron chi connectivity index (χ3n) is 4.19. The molecule has 1 aliphatic rings. The Labute approximate surface area is 144 Å². The van der Waals surface area contributed by atoms with Crippen LogP contribution in [0, 0.1) is 0 Å².